The molecule has 0 atom stereocenters. The lowest BCUT2D eigenvalue weighted by atomic mass is 10.0. The molecule has 0 bridgehead atoms. The summed E-state index contributed by atoms with van der Waals surface area (Å²) in [6.07, 6.45) is 7.14. The van der Waals surface area contributed by atoms with Crippen molar-refractivity contribution in [1.29, 1.82) is 0 Å². The molecular formula is C23H28N4S. The van der Waals surface area contributed by atoms with Crippen LogP contribution in [0.25, 0.3) is 10.9 Å². The van der Waals surface area contributed by atoms with Crippen LogP contribution in [0.2, 0.25) is 0 Å². The topological polar surface area (TPSA) is 41.1 Å². The number of hydrogen-bond donors (Lipinski definition) is 1. The number of anilines is 1. The first-order chi connectivity index (χ1) is 13.8. The summed E-state index contributed by atoms with van der Waals surface area (Å²) in [6, 6.07) is 9.62. The van der Waals surface area contributed by atoms with Gasteiger partial charge in [0.1, 0.15) is 0 Å². The molecule has 4 nitrogen and oxygen atoms in total. The van der Waals surface area contributed by atoms with Crippen LogP contribution in [0.5, 0.6) is 0 Å². The Balaban J connectivity index is 1.23. The summed E-state index contributed by atoms with van der Waals surface area (Å²) in [5.41, 5.74) is 5.23. The van der Waals surface area contributed by atoms with Gasteiger partial charge in [0.25, 0.3) is 0 Å². The fraction of sp³-hybridized carbons (Fsp3) is 0.478. The third-order valence-corrected chi connectivity index (χ3v) is 7.19. The maximum atomic E-state index is 4.95. The van der Waals surface area contributed by atoms with Gasteiger partial charge in [0.2, 0.25) is 5.95 Å². The SMILES string of the molecule is Cc1nc(N2CCC(NCCc3cccs3)CC2)nc2cc3c(cc12)CCC3. The second-order valence-electron chi connectivity index (χ2n) is 8.15. The molecule has 1 N–H and O–H groups in total. The molecule has 1 aromatic carbocycles. The van der Waals surface area contributed by atoms with Crippen molar-refractivity contribution in [2.45, 2.75) is 51.5 Å². The molecule has 5 heteroatoms. The van der Waals surface area contributed by atoms with E-state index in [0.717, 1.165) is 56.1 Å². The second kappa shape index (κ2) is 7.80. The summed E-state index contributed by atoms with van der Waals surface area (Å²) in [5.74, 6) is 0.917. The summed E-state index contributed by atoms with van der Waals surface area (Å²) < 4.78 is 0. The van der Waals surface area contributed by atoms with Gasteiger partial charge in [-0.2, -0.15) is 0 Å². The van der Waals surface area contributed by atoms with Crippen molar-refractivity contribution in [2.24, 2.45) is 0 Å². The molecule has 1 saturated heterocycles. The molecule has 3 aromatic rings. The fourth-order valence-electron chi connectivity index (χ4n) is 4.62. The Morgan fingerprint density at radius 2 is 1.96 bits per heavy atom. The number of nitrogens with zero attached hydrogens (tertiary/aromatic N) is 3. The van der Waals surface area contributed by atoms with E-state index in [0.29, 0.717) is 6.04 Å². The zero-order chi connectivity index (χ0) is 18.9. The van der Waals surface area contributed by atoms with Crippen molar-refractivity contribution in [3.8, 4) is 0 Å². The van der Waals surface area contributed by atoms with E-state index in [1.807, 2.05) is 11.3 Å². The van der Waals surface area contributed by atoms with Crippen LogP contribution in [0.15, 0.2) is 29.6 Å². The predicted octanol–water partition coefficient (Wildman–Crippen LogP) is 4.29. The number of nitrogens with one attached hydrogen (secondary N) is 1. The van der Waals surface area contributed by atoms with E-state index < -0.39 is 0 Å². The first-order valence-electron chi connectivity index (χ1n) is 10.6. The molecule has 0 unspecified atom stereocenters. The van der Waals surface area contributed by atoms with E-state index in [1.54, 1.807) is 0 Å². The molecule has 28 heavy (non-hydrogen) atoms. The molecule has 3 heterocycles. The van der Waals surface area contributed by atoms with Crippen LogP contribution < -0.4 is 10.2 Å². The third-order valence-electron chi connectivity index (χ3n) is 6.25. The molecule has 1 aliphatic carbocycles. The molecule has 0 radical (unpaired) electrons. The van der Waals surface area contributed by atoms with Crippen molar-refractivity contribution in [3.63, 3.8) is 0 Å². The second-order valence-corrected chi connectivity index (χ2v) is 9.18. The summed E-state index contributed by atoms with van der Waals surface area (Å²) in [5, 5.41) is 7.13. The van der Waals surface area contributed by atoms with Gasteiger partial charge >= 0.3 is 0 Å². The number of fused-ring (bicyclic) bond motifs is 2. The molecule has 1 fully saturated rings. The highest BCUT2D eigenvalue weighted by atomic mass is 32.1. The molecule has 5 rings (SSSR count). The largest absolute Gasteiger partial charge is 0.341 e. The van der Waals surface area contributed by atoms with E-state index in [1.165, 1.54) is 40.7 Å². The monoisotopic (exact) mass is 392 g/mol. The summed E-state index contributed by atoms with van der Waals surface area (Å²) in [4.78, 5) is 13.7. The van der Waals surface area contributed by atoms with Crippen LogP contribution in [0.3, 0.4) is 0 Å². The molecular weight excluding hydrogens is 364 g/mol. The van der Waals surface area contributed by atoms with Crippen LogP contribution in [0, 0.1) is 6.92 Å². The number of thiophene rings is 1. The minimum Gasteiger partial charge on any atom is -0.341 e. The Labute approximate surface area is 171 Å². The van der Waals surface area contributed by atoms with Crippen LogP contribution in [0.1, 0.15) is 41.0 Å². The van der Waals surface area contributed by atoms with E-state index in [4.69, 9.17) is 9.97 Å². The third kappa shape index (κ3) is 3.65. The van der Waals surface area contributed by atoms with Gasteiger partial charge in [0.15, 0.2) is 0 Å². The van der Waals surface area contributed by atoms with Gasteiger partial charge in [-0.1, -0.05) is 6.07 Å². The first kappa shape index (κ1) is 18.1. The van der Waals surface area contributed by atoms with Crippen molar-refractivity contribution < 1.29 is 0 Å². The van der Waals surface area contributed by atoms with E-state index in [9.17, 15) is 0 Å². The van der Waals surface area contributed by atoms with Gasteiger partial charge in [-0.05, 0) is 80.2 Å². The highest BCUT2D eigenvalue weighted by molar-refractivity contribution is 7.09. The van der Waals surface area contributed by atoms with Gasteiger partial charge in [-0.25, -0.2) is 9.97 Å². The standard InChI is InChI=1S/C23H28N4S/c1-16-21-14-17-4-2-5-18(17)15-22(21)26-23(25-16)27-11-8-19(9-12-27)24-10-7-20-6-3-13-28-20/h3,6,13-15,19,24H,2,4-5,7-12H2,1H3. The Kier molecular flexibility index (Phi) is 5.03. The highest BCUT2D eigenvalue weighted by Crippen LogP contribution is 2.29. The van der Waals surface area contributed by atoms with Gasteiger partial charge in [-0.15, -0.1) is 11.3 Å². The molecule has 0 saturated carbocycles. The maximum Gasteiger partial charge on any atom is 0.226 e. The Hall–Kier alpha value is -1.98. The van der Waals surface area contributed by atoms with Gasteiger partial charge in [-0.3, -0.25) is 0 Å². The molecule has 1 aliphatic heterocycles. The first-order valence-corrected chi connectivity index (χ1v) is 11.4. The molecule has 2 aromatic heterocycles. The fourth-order valence-corrected chi connectivity index (χ4v) is 5.32. The normalized spacial score (nSPS) is 17.4. The smallest absolute Gasteiger partial charge is 0.226 e. The van der Waals surface area contributed by atoms with Crippen LogP contribution >= 0.6 is 11.3 Å². The van der Waals surface area contributed by atoms with Gasteiger partial charge in [0, 0.05) is 35.9 Å². The van der Waals surface area contributed by atoms with E-state index >= 15 is 0 Å². The van der Waals surface area contributed by atoms with Crippen molar-refractivity contribution >= 4 is 28.2 Å². The number of rotatable bonds is 5. The number of benzene rings is 1. The number of aromatic nitrogens is 2. The van der Waals surface area contributed by atoms with Gasteiger partial charge < -0.3 is 10.2 Å². The van der Waals surface area contributed by atoms with E-state index in [2.05, 4.69) is 46.8 Å². The quantitative estimate of drug-likeness (QED) is 0.703. The Morgan fingerprint density at radius 1 is 1.14 bits per heavy atom. The van der Waals surface area contributed by atoms with Crippen LogP contribution in [0.4, 0.5) is 5.95 Å². The molecule has 0 amide bonds. The summed E-state index contributed by atoms with van der Waals surface area (Å²) >= 11 is 1.85. The molecule has 0 spiro atoms. The maximum absolute atomic E-state index is 4.95. The average Bonchev–Trinajstić information content (AvgIpc) is 3.38. The Bertz CT molecular complexity index is 958. The lowest BCUT2D eigenvalue weighted by Crippen LogP contribution is -2.43. The zero-order valence-electron chi connectivity index (χ0n) is 16.6. The van der Waals surface area contributed by atoms with Crippen molar-refractivity contribution in [1.82, 2.24) is 15.3 Å². The van der Waals surface area contributed by atoms with Gasteiger partial charge in [0.05, 0.1) is 11.2 Å². The predicted molar refractivity (Wildman–Crippen MR) is 118 cm³/mol. The molecule has 146 valence electrons. The van der Waals surface area contributed by atoms with Crippen molar-refractivity contribution in [3.05, 3.63) is 51.3 Å². The lowest BCUT2D eigenvalue weighted by molar-refractivity contribution is 0.415. The number of hydrogen-bond acceptors (Lipinski definition) is 5. The minimum absolute atomic E-state index is 0.612. The number of piperidine rings is 1. The summed E-state index contributed by atoms with van der Waals surface area (Å²) in [7, 11) is 0. The Morgan fingerprint density at radius 3 is 2.75 bits per heavy atom. The lowest BCUT2D eigenvalue weighted by Gasteiger charge is -2.32. The van der Waals surface area contributed by atoms with Crippen LogP contribution in [-0.4, -0.2) is 35.6 Å². The summed E-state index contributed by atoms with van der Waals surface area (Å²) in [6.45, 7) is 5.27. The highest BCUT2D eigenvalue weighted by Gasteiger charge is 2.22. The average molecular weight is 393 g/mol. The molecule has 2 aliphatic rings. The zero-order valence-corrected chi connectivity index (χ0v) is 17.4. The van der Waals surface area contributed by atoms with Crippen LogP contribution in [-0.2, 0) is 19.3 Å². The number of aryl methyl sites for hydroxylation is 3. The van der Waals surface area contributed by atoms with E-state index in [-0.39, 0.29) is 0 Å². The minimum atomic E-state index is 0.612. The van der Waals surface area contributed by atoms with Crippen molar-refractivity contribution in [2.75, 3.05) is 24.5 Å².